The van der Waals surface area contributed by atoms with Gasteiger partial charge in [0.25, 0.3) is 0 Å². The summed E-state index contributed by atoms with van der Waals surface area (Å²) < 4.78 is 18.0. The van der Waals surface area contributed by atoms with Crippen LogP contribution in [-0.4, -0.2) is 53.5 Å². The number of carbonyl (C=O) groups is 3. The Balaban J connectivity index is 1.44. The molecule has 10 nitrogen and oxygen atoms in total. The Morgan fingerprint density at radius 1 is 1.10 bits per heavy atom. The lowest BCUT2D eigenvalue weighted by atomic mass is 9.58. The Morgan fingerprint density at radius 2 is 1.87 bits per heavy atom. The van der Waals surface area contributed by atoms with E-state index in [2.05, 4.69) is 12.2 Å². The first-order valence-corrected chi connectivity index (χ1v) is 11.0. The van der Waals surface area contributed by atoms with Crippen molar-refractivity contribution in [3.8, 4) is 0 Å². The van der Waals surface area contributed by atoms with E-state index in [4.69, 9.17) is 29.1 Å². The molecule has 4 saturated heterocycles. The Labute approximate surface area is 180 Å². The second kappa shape index (κ2) is 8.31. The summed E-state index contributed by atoms with van der Waals surface area (Å²) in [5.41, 5.74) is -0.729. The van der Waals surface area contributed by atoms with Gasteiger partial charge in [0.2, 0.25) is 18.0 Å². The second-order valence-corrected chi connectivity index (χ2v) is 9.43. The third-order valence-corrected chi connectivity index (χ3v) is 7.34. The van der Waals surface area contributed by atoms with E-state index in [0.29, 0.717) is 12.3 Å². The van der Waals surface area contributed by atoms with Gasteiger partial charge < -0.3 is 24.6 Å². The lowest BCUT2D eigenvalue weighted by Crippen LogP contribution is -2.70. The van der Waals surface area contributed by atoms with Crippen molar-refractivity contribution in [1.29, 1.82) is 0 Å². The quantitative estimate of drug-likeness (QED) is 0.467. The average Bonchev–Trinajstić information content (AvgIpc) is 2.94. The van der Waals surface area contributed by atoms with Crippen molar-refractivity contribution in [2.24, 2.45) is 23.7 Å². The van der Waals surface area contributed by atoms with E-state index in [9.17, 15) is 14.4 Å². The van der Waals surface area contributed by atoms with Gasteiger partial charge in [-0.25, -0.2) is 9.78 Å². The van der Waals surface area contributed by atoms with E-state index in [1.807, 2.05) is 13.8 Å². The first-order valence-electron chi connectivity index (χ1n) is 11.0. The molecule has 1 amide bonds. The average molecular weight is 441 g/mol. The molecule has 8 atom stereocenters. The Kier molecular flexibility index (Phi) is 6.01. The number of aliphatic carboxylic acids is 1. The van der Waals surface area contributed by atoms with E-state index in [0.717, 1.165) is 19.3 Å². The van der Waals surface area contributed by atoms with Crippen LogP contribution < -0.4 is 5.32 Å². The van der Waals surface area contributed by atoms with Crippen molar-refractivity contribution in [3.63, 3.8) is 0 Å². The SMILES string of the molecule is C[C@H]1[C@H](OC(=O)CCC(=O)NCC(=O)O)O[C@@H]2O[C@]3(C)CC[C@H]4[C@H](C)CC[C@@H]1[C@]24OO3. The normalized spacial score (nSPS) is 43.5. The van der Waals surface area contributed by atoms with Gasteiger partial charge in [-0.3, -0.25) is 14.4 Å². The molecule has 1 spiro atoms. The van der Waals surface area contributed by atoms with Gasteiger partial charge in [0, 0.05) is 24.7 Å². The topological polar surface area (TPSA) is 130 Å². The van der Waals surface area contributed by atoms with Gasteiger partial charge in [-0.05, 0) is 38.0 Å². The van der Waals surface area contributed by atoms with E-state index < -0.39 is 48.4 Å². The number of carboxylic acid groups (broad SMARTS) is 1. The zero-order chi connectivity index (χ0) is 22.4. The van der Waals surface area contributed by atoms with Gasteiger partial charge in [0.05, 0.1) is 6.42 Å². The van der Waals surface area contributed by atoms with Crippen molar-refractivity contribution in [1.82, 2.24) is 5.32 Å². The van der Waals surface area contributed by atoms with Crippen LogP contribution in [0.25, 0.3) is 0 Å². The highest BCUT2D eigenvalue weighted by atomic mass is 17.3. The predicted molar refractivity (Wildman–Crippen MR) is 103 cm³/mol. The van der Waals surface area contributed by atoms with E-state index in [-0.39, 0.29) is 30.6 Å². The molecule has 0 radical (unpaired) electrons. The minimum Gasteiger partial charge on any atom is -0.480 e. The molecule has 31 heavy (non-hydrogen) atoms. The monoisotopic (exact) mass is 441 g/mol. The summed E-state index contributed by atoms with van der Waals surface area (Å²) >= 11 is 0. The van der Waals surface area contributed by atoms with Crippen LogP contribution in [0.3, 0.4) is 0 Å². The number of hydrogen-bond acceptors (Lipinski definition) is 8. The van der Waals surface area contributed by atoms with Crippen LogP contribution in [0.2, 0.25) is 0 Å². The minimum atomic E-state index is -1.15. The summed E-state index contributed by atoms with van der Waals surface area (Å²) in [6, 6.07) is 0. The maximum absolute atomic E-state index is 12.4. The van der Waals surface area contributed by atoms with Crippen molar-refractivity contribution in [2.75, 3.05) is 6.54 Å². The number of rotatable bonds is 6. The number of nitrogens with one attached hydrogen (secondary N) is 1. The molecular formula is C21H31NO9. The highest BCUT2D eigenvalue weighted by molar-refractivity contribution is 5.84. The van der Waals surface area contributed by atoms with Crippen LogP contribution in [0.5, 0.6) is 0 Å². The van der Waals surface area contributed by atoms with Crippen LogP contribution in [-0.2, 0) is 38.4 Å². The molecule has 0 unspecified atom stereocenters. The fourth-order valence-electron chi connectivity index (χ4n) is 5.67. The minimum absolute atomic E-state index is 0.0340. The second-order valence-electron chi connectivity index (χ2n) is 9.43. The Morgan fingerprint density at radius 3 is 2.61 bits per heavy atom. The maximum atomic E-state index is 12.4. The number of hydrogen-bond donors (Lipinski definition) is 2. The van der Waals surface area contributed by atoms with Crippen molar-refractivity contribution < 1.29 is 43.5 Å². The molecule has 1 aliphatic carbocycles. The predicted octanol–water partition coefficient (Wildman–Crippen LogP) is 1.72. The van der Waals surface area contributed by atoms with Crippen LogP contribution >= 0.6 is 0 Å². The number of carbonyl (C=O) groups excluding carboxylic acids is 2. The summed E-state index contributed by atoms with van der Waals surface area (Å²) in [7, 11) is 0. The summed E-state index contributed by atoms with van der Waals surface area (Å²) in [6.07, 6.45) is 1.67. The number of fused-ring (bicyclic) bond motifs is 2. The zero-order valence-corrected chi connectivity index (χ0v) is 18.1. The largest absolute Gasteiger partial charge is 0.480 e. The first kappa shape index (κ1) is 22.4. The molecule has 174 valence electrons. The van der Waals surface area contributed by atoms with Crippen LogP contribution in [0, 0.1) is 23.7 Å². The van der Waals surface area contributed by atoms with E-state index >= 15 is 0 Å². The van der Waals surface area contributed by atoms with Crippen molar-refractivity contribution >= 4 is 17.8 Å². The molecule has 4 heterocycles. The van der Waals surface area contributed by atoms with Crippen molar-refractivity contribution in [3.05, 3.63) is 0 Å². The highest BCUT2D eigenvalue weighted by Crippen LogP contribution is 2.60. The first-order chi connectivity index (χ1) is 14.6. The summed E-state index contributed by atoms with van der Waals surface area (Å²) in [4.78, 5) is 46.4. The molecule has 0 aromatic rings. The van der Waals surface area contributed by atoms with Crippen LogP contribution in [0.15, 0.2) is 0 Å². The fraction of sp³-hybridized carbons (Fsp3) is 0.857. The van der Waals surface area contributed by atoms with Gasteiger partial charge in [-0.15, -0.1) is 0 Å². The fourth-order valence-corrected chi connectivity index (χ4v) is 5.67. The summed E-state index contributed by atoms with van der Waals surface area (Å²) in [5.74, 6) is -2.62. The standard InChI is InChI=1S/C21H31NO9/c1-11-4-5-14-12(2)18(27-17(26)7-6-15(23)22-10-16(24)25)28-19-21(14)13(11)8-9-20(3,29-19)30-31-21/h11-14,18-19H,4-10H2,1-3H3,(H,22,23)(H,24,25)/t11-,12-,13+,14+,18-,19-,20+,21+/m1/s1. The molecule has 5 rings (SSSR count). The van der Waals surface area contributed by atoms with Gasteiger partial charge in [-0.2, -0.15) is 0 Å². The Hall–Kier alpha value is -1.75. The molecular weight excluding hydrogens is 410 g/mol. The highest BCUT2D eigenvalue weighted by Gasteiger charge is 2.69. The molecule has 0 aromatic carbocycles. The van der Waals surface area contributed by atoms with Gasteiger partial charge in [0.15, 0.2) is 11.9 Å². The number of esters is 1. The van der Waals surface area contributed by atoms with Gasteiger partial charge in [0.1, 0.15) is 6.54 Å². The lowest BCUT2D eigenvalue weighted by Gasteiger charge is -2.59. The molecule has 10 heteroatoms. The van der Waals surface area contributed by atoms with Gasteiger partial charge >= 0.3 is 11.9 Å². The Bertz CT molecular complexity index is 744. The maximum Gasteiger partial charge on any atom is 0.322 e. The number of amides is 1. The molecule has 0 aromatic heterocycles. The van der Waals surface area contributed by atoms with Crippen LogP contribution in [0.4, 0.5) is 0 Å². The molecule has 5 aliphatic rings. The molecule has 4 aliphatic heterocycles. The third-order valence-electron chi connectivity index (χ3n) is 7.34. The van der Waals surface area contributed by atoms with Crippen molar-refractivity contribution in [2.45, 2.75) is 83.3 Å². The number of carboxylic acids is 1. The number of ether oxygens (including phenoxy) is 3. The summed E-state index contributed by atoms with van der Waals surface area (Å²) in [6.45, 7) is 5.54. The molecule has 1 saturated carbocycles. The lowest BCUT2D eigenvalue weighted by molar-refractivity contribution is -0.576. The van der Waals surface area contributed by atoms with E-state index in [1.165, 1.54) is 0 Å². The zero-order valence-electron chi connectivity index (χ0n) is 18.1. The summed E-state index contributed by atoms with van der Waals surface area (Å²) in [5, 5.41) is 10.8. The van der Waals surface area contributed by atoms with E-state index in [1.54, 1.807) is 0 Å². The third kappa shape index (κ3) is 4.06. The molecule has 2 bridgehead atoms. The molecule has 5 fully saturated rings. The molecule has 2 N–H and O–H groups in total. The smallest absolute Gasteiger partial charge is 0.322 e. The van der Waals surface area contributed by atoms with Gasteiger partial charge in [-0.1, -0.05) is 13.8 Å². The van der Waals surface area contributed by atoms with Crippen LogP contribution in [0.1, 0.15) is 59.3 Å².